The minimum absolute atomic E-state index is 0.0516. The molecule has 0 radical (unpaired) electrons. The monoisotopic (exact) mass is 412 g/mol. The zero-order valence-corrected chi connectivity index (χ0v) is 17.1. The van der Waals surface area contributed by atoms with E-state index in [1.54, 1.807) is 23.6 Å². The Morgan fingerprint density at radius 1 is 1.31 bits per heavy atom. The number of rotatable bonds is 5. The van der Waals surface area contributed by atoms with Gasteiger partial charge in [0.25, 0.3) is 5.91 Å². The molecule has 4 rings (SSSR count). The van der Waals surface area contributed by atoms with Crippen molar-refractivity contribution >= 4 is 29.1 Å². The first kappa shape index (κ1) is 19.6. The summed E-state index contributed by atoms with van der Waals surface area (Å²) in [5.74, 6) is 0.120. The highest BCUT2D eigenvalue weighted by molar-refractivity contribution is 7.09. The molecule has 2 aromatic rings. The number of nitrogens with zero attached hydrogens (tertiary/aromatic N) is 2. The third kappa shape index (κ3) is 4.17. The van der Waals surface area contributed by atoms with E-state index in [1.165, 1.54) is 6.92 Å². The van der Waals surface area contributed by atoms with Gasteiger partial charge in [0, 0.05) is 37.2 Å². The van der Waals surface area contributed by atoms with Crippen LogP contribution >= 0.6 is 11.3 Å². The van der Waals surface area contributed by atoms with Crippen molar-refractivity contribution in [1.29, 1.82) is 0 Å². The predicted molar refractivity (Wildman–Crippen MR) is 109 cm³/mol. The summed E-state index contributed by atoms with van der Waals surface area (Å²) in [6.07, 6.45) is 3.64. The summed E-state index contributed by atoms with van der Waals surface area (Å²) >= 11 is 1.54. The van der Waals surface area contributed by atoms with Gasteiger partial charge in [-0.05, 0) is 30.4 Å². The fraction of sp³-hybridized carbons (Fsp3) is 0.429. The summed E-state index contributed by atoms with van der Waals surface area (Å²) < 4.78 is 0. The van der Waals surface area contributed by atoms with Crippen molar-refractivity contribution in [1.82, 2.24) is 20.5 Å². The maximum atomic E-state index is 12.8. The smallest absolute Gasteiger partial charge is 0.252 e. The lowest BCUT2D eigenvalue weighted by Crippen LogP contribution is -2.43. The van der Waals surface area contributed by atoms with Crippen LogP contribution in [0.25, 0.3) is 0 Å². The van der Waals surface area contributed by atoms with Gasteiger partial charge in [0.05, 0.1) is 18.5 Å². The molecular formula is C21H24N4O3S. The van der Waals surface area contributed by atoms with E-state index in [1.807, 2.05) is 28.5 Å². The first-order chi connectivity index (χ1) is 14.0. The summed E-state index contributed by atoms with van der Waals surface area (Å²) in [6, 6.07) is 7.06. The van der Waals surface area contributed by atoms with Crippen molar-refractivity contribution in [2.24, 2.45) is 5.92 Å². The van der Waals surface area contributed by atoms with Crippen molar-refractivity contribution in [3.63, 3.8) is 0 Å². The van der Waals surface area contributed by atoms with Crippen LogP contribution in [0.5, 0.6) is 0 Å². The molecule has 2 aliphatic heterocycles. The van der Waals surface area contributed by atoms with Crippen LogP contribution < -0.4 is 10.6 Å². The Bertz CT molecular complexity index is 906. The molecule has 0 spiro atoms. The van der Waals surface area contributed by atoms with Gasteiger partial charge in [0.1, 0.15) is 5.01 Å². The van der Waals surface area contributed by atoms with Crippen molar-refractivity contribution < 1.29 is 14.4 Å². The summed E-state index contributed by atoms with van der Waals surface area (Å²) in [7, 11) is 0. The van der Waals surface area contributed by atoms with Crippen LogP contribution in [0.2, 0.25) is 0 Å². The van der Waals surface area contributed by atoms with Crippen LogP contribution in [0.3, 0.4) is 0 Å². The minimum atomic E-state index is -0.258. The third-order valence-electron chi connectivity index (χ3n) is 5.70. The maximum Gasteiger partial charge on any atom is 0.252 e. The van der Waals surface area contributed by atoms with E-state index in [-0.39, 0.29) is 42.1 Å². The SMILES string of the molecule is CC(=O)N[C@H](c1nccs1)C1CCN(C(=O)C[C@H]2NC(=O)c3ccccc32)CC1. The molecule has 29 heavy (non-hydrogen) atoms. The van der Waals surface area contributed by atoms with Crippen LogP contribution in [0.15, 0.2) is 35.8 Å². The molecule has 2 N–H and O–H groups in total. The average Bonchev–Trinajstić information content (AvgIpc) is 3.35. The summed E-state index contributed by atoms with van der Waals surface area (Å²) in [6.45, 7) is 2.81. The van der Waals surface area contributed by atoms with E-state index in [2.05, 4.69) is 15.6 Å². The zero-order chi connectivity index (χ0) is 20.4. The maximum absolute atomic E-state index is 12.8. The molecule has 1 fully saturated rings. The van der Waals surface area contributed by atoms with Crippen molar-refractivity contribution in [3.05, 3.63) is 52.0 Å². The lowest BCUT2D eigenvalue weighted by molar-refractivity contribution is -0.133. The number of hydrogen-bond acceptors (Lipinski definition) is 5. The molecule has 2 aliphatic rings. The average molecular weight is 413 g/mol. The zero-order valence-electron chi connectivity index (χ0n) is 16.3. The molecule has 7 nitrogen and oxygen atoms in total. The first-order valence-corrected chi connectivity index (χ1v) is 10.7. The number of fused-ring (bicyclic) bond motifs is 1. The minimum Gasteiger partial charge on any atom is -0.347 e. The standard InChI is InChI=1S/C21H24N4O3S/c1-13(26)23-19(21-22-8-11-29-21)14-6-9-25(10-7-14)18(27)12-17-15-4-2-3-5-16(15)20(28)24-17/h2-5,8,11,14,17,19H,6-7,9-10,12H2,1H3,(H,23,26)(H,24,28)/t17-,19+/m1/s1. The van der Waals surface area contributed by atoms with Crippen molar-refractivity contribution in [3.8, 4) is 0 Å². The molecule has 0 unspecified atom stereocenters. The highest BCUT2D eigenvalue weighted by Gasteiger charge is 2.34. The van der Waals surface area contributed by atoms with Crippen LogP contribution in [0.1, 0.15) is 59.2 Å². The lowest BCUT2D eigenvalue weighted by Gasteiger charge is -2.36. The Morgan fingerprint density at radius 2 is 2.07 bits per heavy atom. The van der Waals surface area contributed by atoms with E-state index in [0.717, 1.165) is 23.4 Å². The second-order valence-electron chi connectivity index (χ2n) is 7.58. The molecule has 2 atom stereocenters. The molecule has 1 aromatic heterocycles. The number of benzene rings is 1. The predicted octanol–water partition coefficient (Wildman–Crippen LogP) is 2.43. The molecule has 1 saturated heterocycles. The molecular weight excluding hydrogens is 388 g/mol. The summed E-state index contributed by atoms with van der Waals surface area (Å²) in [5.41, 5.74) is 1.56. The van der Waals surface area contributed by atoms with Gasteiger partial charge in [0.15, 0.2) is 0 Å². The molecule has 3 heterocycles. The second kappa shape index (κ2) is 8.32. The number of likely N-dealkylation sites (tertiary alicyclic amines) is 1. The number of hydrogen-bond donors (Lipinski definition) is 2. The van der Waals surface area contributed by atoms with Gasteiger partial charge >= 0.3 is 0 Å². The quantitative estimate of drug-likeness (QED) is 0.789. The molecule has 3 amide bonds. The number of nitrogens with one attached hydrogen (secondary N) is 2. The topological polar surface area (TPSA) is 91.4 Å². The fourth-order valence-electron chi connectivity index (χ4n) is 4.26. The normalized spacial score (nSPS) is 20.1. The summed E-state index contributed by atoms with van der Waals surface area (Å²) in [5, 5.41) is 8.77. The van der Waals surface area contributed by atoms with E-state index >= 15 is 0 Å². The molecule has 8 heteroatoms. The number of carbonyl (C=O) groups is 3. The molecule has 1 aromatic carbocycles. The van der Waals surface area contributed by atoms with Crippen molar-refractivity contribution in [2.45, 2.75) is 38.3 Å². The Hall–Kier alpha value is -2.74. The van der Waals surface area contributed by atoms with E-state index in [4.69, 9.17) is 0 Å². The number of piperidine rings is 1. The van der Waals surface area contributed by atoms with Crippen LogP contribution in [0, 0.1) is 5.92 Å². The Morgan fingerprint density at radius 3 is 2.76 bits per heavy atom. The van der Waals surface area contributed by atoms with E-state index in [9.17, 15) is 14.4 Å². The van der Waals surface area contributed by atoms with Gasteiger partial charge in [-0.1, -0.05) is 18.2 Å². The lowest BCUT2D eigenvalue weighted by atomic mass is 9.89. The largest absolute Gasteiger partial charge is 0.347 e. The molecule has 0 aliphatic carbocycles. The van der Waals surface area contributed by atoms with Gasteiger partial charge in [-0.25, -0.2) is 4.98 Å². The number of aromatic nitrogens is 1. The molecule has 0 bridgehead atoms. The van der Waals surface area contributed by atoms with Gasteiger partial charge < -0.3 is 15.5 Å². The van der Waals surface area contributed by atoms with Crippen LogP contribution in [-0.2, 0) is 9.59 Å². The van der Waals surface area contributed by atoms with Gasteiger partial charge in [-0.15, -0.1) is 11.3 Å². The van der Waals surface area contributed by atoms with Crippen LogP contribution in [0.4, 0.5) is 0 Å². The summed E-state index contributed by atoms with van der Waals surface area (Å²) in [4.78, 5) is 42.8. The second-order valence-corrected chi connectivity index (χ2v) is 8.51. The molecule has 0 saturated carbocycles. The number of amides is 3. The highest BCUT2D eigenvalue weighted by Crippen LogP contribution is 2.33. The third-order valence-corrected chi connectivity index (χ3v) is 6.56. The van der Waals surface area contributed by atoms with Gasteiger partial charge in [0.2, 0.25) is 11.8 Å². The highest BCUT2D eigenvalue weighted by atomic mass is 32.1. The van der Waals surface area contributed by atoms with Crippen molar-refractivity contribution in [2.75, 3.05) is 13.1 Å². The number of carbonyl (C=O) groups excluding carboxylic acids is 3. The van der Waals surface area contributed by atoms with E-state index < -0.39 is 0 Å². The molecule has 152 valence electrons. The van der Waals surface area contributed by atoms with E-state index in [0.29, 0.717) is 18.7 Å². The fourth-order valence-corrected chi connectivity index (χ4v) is 5.04. The van der Waals surface area contributed by atoms with Crippen LogP contribution in [-0.4, -0.2) is 40.7 Å². The Balaban J connectivity index is 1.36. The number of thiazole rings is 1. The van der Waals surface area contributed by atoms with Gasteiger partial charge in [-0.2, -0.15) is 0 Å². The Labute approximate surface area is 173 Å². The van der Waals surface area contributed by atoms with Gasteiger partial charge in [-0.3, -0.25) is 14.4 Å². The Kier molecular flexibility index (Phi) is 5.62. The first-order valence-electron chi connectivity index (χ1n) is 9.87.